The van der Waals surface area contributed by atoms with Crippen LogP contribution in [0.3, 0.4) is 0 Å². The number of para-hydroxylation sites is 1. The van der Waals surface area contributed by atoms with E-state index in [1.165, 1.54) is 11.8 Å². The van der Waals surface area contributed by atoms with Crippen LogP contribution in [0, 0.1) is 31.6 Å². The van der Waals surface area contributed by atoms with Crippen molar-refractivity contribution in [3.8, 4) is 0 Å². The molecule has 0 aliphatic carbocycles. The lowest BCUT2D eigenvalue weighted by Crippen LogP contribution is -2.57. The van der Waals surface area contributed by atoms with Crippen molar-refractivity contribution in [2.75, 3.05) is 24.7 Å². The van der Waals surface area contributed by atoms with Crippen LogP contribution in [-0.2, 0) is 19.1 Å². The Labute approximate surface area is 216 Å². The van der Waals surface area contributed by atoms with Gasteiger partial charge in [-0.1, -0.05) is 56.4 Å². The summed E-state index contributed by atoms with van der Waals surface area (Å²) in [6.45, 7) is 8.37. The molecule has 0 bridgehead atoms. The molecule has 1 unspecified atom stereocenters. The van der Waals surface area contributed by atoms with Crippen molar-refractivity contribution < 1.29 is 24.2 Å². The maximum absolute atomic E-state index is 14.5. The summed E-state index contributed by atoms with van der Waals surface area (Å²) in [6.07, 6.45) is 8.30. The predicted molar refractivity (Wildman–Crippen MR) is 140 cm³/mol. The summed E-state index contributed by atoms with van der Waals surface area (Å²) in [5.74, 6) is -1.99. The number of anilines is 1. The maximum atomic E-state index is 14.5. The van der Waals surface area contributed by atoms with E-state index < -0.39 is 34.6 Å². The molecule has 1 N–H and O–H groups in total. The highest BCUT2D eigenvalue weighted by atomic mass is 32.2. The number of fused-ring (bicyclic) bond motifs is 2. The van der Waals surface area contributed by atoms with Crippen LogP contribution in [0.5, 0.6) is 0 Å². The van der Waals surface area contributed by atoms with E-state index in [4.69, 9.17) is 4.74 Å². The van der Waals surface area contributed by atoms with Gasteiger partial charge in [-0.15, -0.1) is 11.8 Å². The monoisotopic (exact) mass is 510 g/mol. The van der Waals surface area contributed by atoms with Gasteiger partial charge in [0.05, 0.1) is 29.2 Å². The van der Waals surface area contributed by atoms with Crippen molar-refractivity contribution in [3.05, 3.63) is 53.6 Å². The second-order valence-electron chi connectivity index (χ2n) is 10.7. The van der Waals surface area contributed by atoms with Crippen molar-refractivity contribution in [2.45, 2.75) is 56.2 Å². The first-order valence-corrected chi connectivity index (χ1v) is 13.6. The van der Waals surface area contributed by atoms with E-state index in [0.29, 0.717) is 13.0 Å². The highest BCUT2D eigenvalue weighted by molar-refractivity contribution is 8.02. The second kappa shape index (κ2) is 9.38. The molecule has 5 rings (SSSR count). The van der Waals surface area contributed by atoms with Crippen molar-refractivity contribution in [3.63, 3.8) is 0 Å². The summed E-state index contributed by atoms with van der Waals surface area (Å²) in [4.78, 5) is 45.3. The largest absolute Gasteiger partial charge is 0.461 e. The molecule has 4 aliphatic heterocycles. The molecule has 1 aromatic rings. The van der Waals surface area contributed by atoms with Crippen LogP contribution in [0.25, 0.3) is 0 Å². The van der Waals surface area contributed by atoms with Gasteiger partial charge in [-0.05, 0) is 37.3 Å². The van der Waals surface area contributed by atoms with Crippen LogP contribution in [0.2, 0.25) is 0 Å². The lowest BCUT2D eigenvalue weighted by atomic mass is 9.78. The van der Waals surface area contributed by atoms with Crippen LogP contribution >= 0.6 is 11.8 Å². The third-order valence-corrected chi connectivity index (χ3v) is 9.65. The molecule has 2 saturated heterocycles. The third-order valence-electron chi connectivity index (χ3n) is 7.91. The number of hydrogen-bond donors (Lipinski definition) is 1. The summed E-state index contributed by atoms with van der Waals surface area (Å²) in [7, 11) is 0. The first kappa shape index (κ1) is 25.1. The van der Waals surface area contributed by atoms with Crippen molar-refractivity contribution in [1.29, 1.82) is 0 Å². The van der Waals surface area contributed by atoms with E-state index in [2.05, 4.69) is 0 Å². The Balaban J connectivity index is 1.67. The van der Waals surface area contributed by atoms with Gasteiger partial charge in [0.15, 0.2) is 0 Å². The second-order valence-corrected chi connectivity index (χ2v) is 12.2. The summed E-state index contributed by atoms with van der Waals surface area (Å²) in [5.41, 5.74) is 2.81. The van der Waals surface area contributed by atoms with E-state index in [9.17, 15) is 19.5 Å². The molecule has 8 heteroatoms. The lowest BCUT2D eigenvalue weighted by Gasteiger charge is -2.39. The summed E-state index contributed by atoms with van der Waals surface area (Å²) in [5, 5.41) is 10.2. The van der Waals surface area contributed by atoms with Gasteiger partial charge in [-0.3, -0.25) is 14.4 Å². The van der Waals surface area contributed by atoms with E-state index in [0.717, 1.165) is 16.8 Å². The number of thioether (sulfide) groups is 1. The van der Waals surface area contributed by atoms with Crippen LogP contribution < -0.4 is 4.90 Å². The molecule has 2 amide bonds. The average molecular weight is 511 g/mol. The van der Waals surface area contributed by atoms with Crippen molar-refractivity contribution >= 4 is 35.2 Å². The van der Waals surface area contributed by atoms with Gasteiger partial charge in [0.1, 0.15) is 12.6 Å². The molecular weight excluding hydrogens is 476 g/mol. The first-order chi connectivity index (χ1) is 17.2. The Morgan fingerprint density at radius 1 is 1.14 bits per heavy atom. The molecular formula is C28H34N2O5S. The van der Waals surface area contributed by atoms with Gasteiger partial charge in [0.25, 0.3) is 5.91 Å². The van der Waals surface area contributed by atoms with Crippen LogP contribution in [0.1, 0.15) is 31.4 Å². The zero-order valence-electron chi connectivity index (χ0n) is 21.2. The Morgan fingerprint density at radius 3 is 2.53 bits per heavy atom. The number of aryl methyl sites for hydroxylation is 2. The lowest BCUT2D eigenvalue weighted by molar-refractivity contribution is -0.152. The molecule has 7 nitrogen and oxygen atoms in total. The minimum atomic E-state index is -0.917. The standard InChI is InChI=1S/C28H34N2O5S/c1-16(2)14-19(15-31)30-24-26(33)29(23-17(3)8-5-9-18(23)4)12-7-11-28(24)22(25(30)32)21-20(36-28)10-6-13-35-27(21)34/h5-11,16,19-22,24,31H,12-15H2,1-4H3/t19-,20+,21-,22+,24?,28+/m1/s1. The number of esters is 1. The van der Waals surface area contributed by atoms with Gasteiger partial charge in [0, 0.05) is 17.5 Å². The summed E-state index contributed by atoms with van der Waals surface area (Å²) < 4.78 is 4.52. The zero-order valence-corrected chi connectivity index (χ0v) is 22.0. The molecule has 4 heterocycles. The Bertz CT molecular complexity index is 1130. The quantitative estimate of drug-likeness (QED) is 0.484. The Morgan fingerprint density at radius 2 is 1.86 bits per heavy atom. The number of carbonyl (C=O) groups excluding carboxylic acids is 3. The number of aliphatic hydroxyl groups is 1. The molecule has 0 saturated carbocycles. The van der Waals surface area contributed by atoms with Gasteiger partial charge >= 0.3 is 5.97 Å². The number of amides is 2. The SMILES string of the molecule is Cc1cccc(C)c1N1CC=C[C@]23S[C@H]4C=CCOC(=O)[C@H]4[C@H]2C(=O)N([C@@H](CO)CC(C)C)C3C1=O. The van der Waals surface area contributed by atoms with Gasteiger partial charge in [0.2, 0.25) is 5.91 Å². The van der Waals surface area contributed by atoms with Gasteiger partial charge < -0.3 is 19.6 Å². The molecule has 4 aliphatic rings. The first-order valence-electron chi connectivity index (χ1n) is 12.7. The highest BCUT2D eigenvalue weighted by Crippen LogP contribution is 2.61. The van der Waals surface area contributed by atoms with Crippen LogP contribution in [-0.4, -0.2) is 69.6 Å². The van der Waals surface area contributed by atoms with E-state index >= 15 is 0 Å². The number of rotatable bonds is 5. The van der Waals surface area contributed by atoms with Crippen LogP contribution in [0.15, 0.2) is 42.5 Å². The third kappa shape index (κ3) is 3.72. The number of aliphatic hydroxyl groups excluding tert-OH is 1. The number of ether oxygens (including phenoxy) is 1. The fraction of sp³-hybridized carbons (Fsp3) is 0.536. The van der Waals surface area contributed by atoms with Gasteiger partial charge in [-0.2, -0.15) is 0 Å². The van der Waals surface area contributed by atoms with E-state index in [1.54, 1.807) is 9.80 Å². The Kier molecular flexibility index (Phi) is 6.53. The van der Waals surface area contributed by atoms with Crippen molar-refractivity contribution in [1.82, 2.24) is 4.90 Å². The molecule has 36 heavy (non-hydrogen) atoms. The maximum Gasteiger partial charge on any atom is 0.311 e. The number of benzene rings is 1. The molecule has 0 aromatic heterocycles. The zero-order chi connectivity index (χ0) is 25.8. The summed E-state index contributed by atoms with van der Waals surface area (Å²) in [6, 6.07) is 4.59. The normalized spacial score (nSPS) is 32.2. The molecule has 0 radical (unpaired) electrons. The number of hydrogen-bond acceptors (Lipinski definition) is 6. The van der Waals surface area contributed by atoms with Gasteiger partial charge in [-0.25, -0.2) is 0 Å². The fourth-order valence-electron chi connectivity index (χ4n) is 6.55. The van der Waals surface area contributed by atoms with E-state index in [1.807, 2.05) is 70.2 Å². The number of cyclic esters (lactones) is 1. The predicted octanol–water partition coefficient (Wildman–Crippen LogP) is 3.02. The molecule has 192 valence electrons. The Hall–Kier alpha value is -2.58. The smallest absolute Gasteiger partial charge is 0.311 e. The topological polar surface area (TPSA) is 87.2 Å². The minimum absolute atomic E-state index is 0.170. The number of nitrogens with zero attached hydrogens (tertiary/aromatic N) is 2. The van der Waals surface area contributed by atoms with E-state index in [-0.39, 0.29) is 36.2 Å². The number of likely N-dealkylation sites (tertiary alicyclic amines) is 1. The molecule has 6 atom stereocenters. The molecule has 1 spiro atoms. The number of carbonyl (C=O) groups is 3. The summed E-state index contributed by atoms with van der Waals surface area (Å²) >= 11 is 1.52. The minimum Gasteiger partial charge on any atom is -0.461 e. The molecule has 2 fully saturated rings. The fourth-order valence-corrected chi connectivity index (χ4v) is 8.54. The molecule has 1 aromatic carbocycles. The highest BCUT2D eigenvalue weighted by Gasteiger charge is 2.71. The van der Waals surface area contributed by atoms with Crippen molar-refractivity contribution in [2.24, 2.45) is 17.8 Å². The average Bonchev–Trinajstić information content (AvgIpc) is 3.13. The van der Waals surface area contributed by atoms with Crippen LogP contribution in [0.4, 0.5) is 5.69 Å².